The molecule has 88 valence electrons. The monoisotopic (exact) mass is 234 g/mol. The van der Waals surface area contributed by atoms with E-state index in [2.05, 4.69) is 0 Å². The largest absolute Gasteiger partial charge is 0.491 e. The molecule has 0 atom stereocenters. The van der Waals surface area contributed by atoms with Crippen LogP contribution in [0.2, 0.25) is 0 Å². The maximum atomic E-state index is 13.4. The van der Waals surface area contributed by atoms with Gasteiger partial charge in [-0.2, -0.15) is 0 Å². The van der Waals surface area contributed by atoms with Crippen LogP contribution < -0.4 is 4.74 Å². The van der Waals surface area contributed by atoms with Gasteiger partial charge >= 0.3 is 0 Å². The quantitative estimate of drug-likeness (QED) is 0.779. The lowest BCUT2D eigenvalue weighted by atomic mass is 10.1. The molecule has 2 aromatic rings. The van der Waals surface area contributed by atoms with Crippen LogP contribution in [0.15, 0.2) is 42.5 Å². The Morgan fingerprint density at radius 1 is 0.941 bits per heavy atom. The van der Waals surface area contributed by atoms with Crippen LogP contribution in [0.3, 0.4) is 0 Å². The number of ether oxygens (including phenoxy) is 1. The highest BCUT2D eigenvalue weighted by Crippen LogP contribution is 2.26. The van der Waals surface area contributed by atoms with Crippen molar-refractivity contribution >= 4 is 0 Å². The molecule has 0 saturated carbocycles. The topological polar surface area (TPSA) is 9.23 Å². The normalized spacial score (nSPS) is 10.3. The number of halogens is 2. The van der Waals surface area contributed by atoms with Gasteiger partial charge in [0.15, 0.2) is 11.6 Å². The van der Waals surface area contributed by atoms with Crippen molar-refractivity contribution in [1.82, 2.24) is 0 Å². The van der Waals surface area contributed by atoms with Crippen molar-refractivity contribution in [3.8, 4) is 16.9 Å². The van der Waals surface area contributed by atoms with Crippen molar-refractivity contribution in [2.45, 2.75) is 6.92 Å². The molecule has 0 radical (unpaired) electrons. The molecule has 2 aromatic carbocycles. The maximum Gasteiger partial charge on any atom is 0.165 e. The molecule has 17 heavy (non-hydrogen) atoms. The molecule has 1 nitrogen and oxygen atoms in total. The molecule has 0 aliphatic heterocycles. The third-order valence-electron chi connectivity index (χ3n) is 2.41. The first-order valence-electron chi connectivity index (χ1n) is 5.39. The van der Waals surface area contributed by atoms with Gasteiger partial charge in [0.2, 0.25) is 0 Å². The highest BCUT2D eigenvalue weighted by Gasteiger charge is 2.05. The van der Waals surface area contributed by atoms with Gasteiger partial charge in [-0.05, 0) is 42.3 Å². The lowest BCUT2D eigenvalue weighted by Gasteiger charge is -2.07. The Hall–Kier alpha value is -1.90. The van der Waals surface area contributed by atoms with Crippen molar-refractivity contribution in [1.29, 1.82) is 0 Å². The average Bonchev–Trinajstić information content (AvgIpc) is 2.33. The molecule has 0 spiro atoms. The molecule has 0 aliphatic carbocycles. The van der Waals surface area contributed by atoms with Gasteiger partial charge in [-0.1, -0.05) is 18.2 Å². The number of benzene rings is 2. The number of rotatable bonds is 3. The third kappa shape index (κ3) is 2.61. The van der Waals surface area contributed by atoms with E-state index in [0.717, 1.165) is 11.1 Å². The van der Waals surface area contributed by atoms with Crippen LogP contribution in [0.1, 0.15) is 6.92 Å². The van der Waals surface area contributed by atoms with Crippen LogP contribution >= 0.6 is 0 Å². The first-order chi connectivity index (χ1) is 8.20. The van der Waals surface area contributed by atoms with Crippen LogP contribution in [-0.2, 0) is 0 Å². The summed E-state index contributed by atoms with van der Waals surface area (Å²) in [6.07, 6.45) is 0. The van der Waals surface area contributed by atoms with Gasteiger partial charge in [0.05, 0.1) is 6.61 Å². The van der Waals surface area contributed by atoms with Crippen molar-refractivity contribution < 1.29 is 13.5 Å². The Bertz CT molecular complexity index is 506. The number of hydrogen-bond donors (Lipinski definition) is 0. The Labute approximate surface area is 98.7 Å². The summed E-state index contributed by atoms with van der Waals surface area (Å²) in [5.41, 5.74) is 1.63. The molecule has 0 amide bonds. The van der Waals surface area contributed by atoms with E-state index in [1.165, 1.54) is 18.2 Å². The first kappa shape index (κ1) is 11.6. The molecule has 2 rings (SSSR count). The zero-order valence-electron chi connectivity index (χ0n) is 9.41. The van der Waals surface area contributed by atoms with Crippen molar-refractivity contribution in [3.05, 3.63) is 54.1 Å². The summed E-state index contributed by atoms with van der Waals surface area (Å²) in [6, 6.07) is 10.7. The van der Waals surface area contributed by atoms with Gasteiger partial charge in [0.25, 0.3) is 0 Å². The fourth-order valence-electron chi connectivity index (χ4n) is 1.59. The SMILES string of the molecule is CCOc1cc(-c2ccc(F)cc2)ccc1F. The smallest absolute Gasteiger partial charge is 0.165 e. The molecular weight excluding hydrogens is 222 g/mol. The Balaban J connectivity index is 2.39. The second kappa shape index (κ2) is 4.95. The minimum absolute atomic E-state index is 0.217. The summed E-state index contributed by atoms with van der Waals surface area (Å²) in [5, 5.41) is 0. The molecule has 0 bridgehead atoms. The van der Waals surface area contributed by atoms with Crippen LogP contribution in [-0.4, -0.2) is 6.61 Å². The van der Waals surface area contributed by atoms with E-state index in [9.17, 15) is 8.78 Å². The second-order valence-electron chi connectivity index (χ2n) is 3.59. The average molecular weight is 234 g/mol. The third-order valence-corrected chi connectivity index (χ3v) is 2.41. The van der Waals surface area contributed by atoms with E-state index in [1.807, 2.05) is 0 Å². The van der Waals surface area contributed by atoms with E-state index in [0.29, 0.717) is 6.61 Å². The molecule has 0 heterocycles. The summed E-state index contributed by atoms with van der Waals surface area (Å²) >= 11 is 0. The molecule has 0 aromatic heterocycles. The van der Waals surface area contributed by atoms with Gasteiger partial charge in [-0.25, -0.2) is 8.78 Å². The number of hydrogen-bond acceptors (Lipinski definition) is 1. The Morgan fingerprint density at radius 3 is 2.24 bits per heavy atom. The predicted molar refractivity (Wildman–Crippen MR) is 63.0 cm³/mol. The highest BCUT2D eigenvalue weighted by atomic mass is 19.1. The van der Waals surface area contributed by atoms with E-state index < -0.39 is 5.82 Å². The van der Waals surface area contributed by atoms with Crippen LogP contribution in [0.5, 0.6) is 5.75 Å². The first-order valence-corrected chi connectivity index (χ1v) is 5.39. The zero-order chi connectivity index (χ0) is 12.3. The van der Waals surface area contributed by atoms with Crippen molar-refractivity contribution in [2.24, 2.45) is 0 Å². The standard InChI is InChI=1S/C14H12F2O/c1-2-17-14-9-11(5-8-13(14)16)10-3-6-12(15)7-4-10/h3-9H,2H2,1H3. The molecule has 0 aliphatic rings. The summed E-state index contributed by atoms with van der Waals surface area (Å²) in [5.74, 6) is -0.465. The van der Waals surface area contributed by atoms with Crippen molar-refractivity contribution in [3.63, 3.8) is 0 Å². The lowest BCUT2D eigenvalue weighted by Crippen LogP contribution is -1.94. The molecule has 0 N–H and O–H groups in total. The zero-order valence-corrected chi connectivity index (χ0v) is 9.41. The van der Waals surface area contributed by atoms with Gasteiger partial charge in [-0.3, -0.25) is 0 Å². The summed E-state index contributed by atoms with van der Waals surface area (Å²) in [4.78, 5) is 0. The summed E-state index contributed by atoms with van der Waals surface area (Å²) in [7, 11) is 0. The highest BCUT2D eigenvalue weighted by molar-refractivity contribution is 5.65. The minimum atomic E-state index is -0.391. The maximum absolute atomic E-state index is 13.4. The molecule has 0 fully saturated rings. The lowest BCUT2D eigenvalue weighted by molar-refractivity contribution is 0.322. The Morgan fingerprint density at radius 2 is 1.59 bits per heavy atom. The minimum Gasteiger partial charge on any atom is -0.491 e. The van der Waals surface area contributed by atoms with Gasteiger partial charge < -0.3 is 4.74 Å². The second-order valence-corrected chi connectivity index (χ2v) is 3.59. The fourth-order valence-corrected chi connectivity index (χ4v) is 1.59. The van der Waals surface area contributed by atoms with E-state index >= 15 is 0 Å². The van der Waals surface area contributed by atoms with Gasteiger partial charge in [0.1, 0.15) is 5.82 Å². The molecule has 0 saturated heterocycles. The van der Waals surface area contributed by atoms with Crippen LogP contribution in [0.4, 0.5) is 8.78 Å². The van der Waals surface area contributed by atoms with Gasteiger partial charge in [-0.15, -0.1) is 0 Å². The Kier molecular flexibility index (Phi) is 3.38. The van der Waals surface area contributed by atoms with Crippen LogP contribution in [0.25, 0.3) is 11.1 Å². The summed E-state index contributed by atoms with van der Waals surface area (Å²) < 4.78 is 31.3. The van der Waals surface area contributed by atoms with Crippen molar-refractivity contribution in [2.75, 3.05) is 6.61 Å². The predicted octanol–water partition coefficient (Wildman–Crippen LogP) is 4.03. The van der Waals surface area contributed by atoms with E-state index in [4.69, 9.17) is 4.74 Å². The molecular formula is C14H12F2O. The fraction of sp³-hybridized carbons (Fsp3) is 0.143. The molecule has 0 unspecified atom stereocenters. The van der Waals surface area contributed by atoms with Gasteiger partial charge in [0, 0.05) is 0 Å². The summed E-state index contributed by atoms with van der Waals surface area (Å²) in [6.45, 7) is 2.20. The van der Waals surface area contributed by atoms with Crippen LogP contribution in [0, 0.1) is 11.6 Å². The van der Waals surface area contributed by atoms with E-state index in [1.54, 1.807) is 31.2 Å². The van der Waals surface area contributed by atoms with E-state index in [-0.39, 0.29) is 11.6 Å². The molecule has 3 heteroatoms.